The Morgan fingerprint density at radius 1 is 1.60 bits per heavy atom. The molecule has 0 aliphatic rings. The number of esters is 1. The zero-order valence-corrected chi connectivity index (χ0v) is 9.19. The van der Waals surface area contributed by atoms with Gasteiger partial charge in [-0.25, -0.2) is 4.79 Å². The Balaban J connectivity index is 3.05. The van der Waals surface area contributed by atoms with Crippen molar-refractivity contribution in [2.24, 2.45) is 5.92 Å². The van der Waals surface area contributed by atoms with E-state index in [2.05, 4.69) is 4.74 Å². The summed E-state index contributed by atoms with van der Waals surface area (Å²) in [5.74, 6) is -0.0544. The summed E-state index contributed by atoms with van der Waals surface area (Å²) in [7, 11) is 1.30. The third kappa shape index (κ3) is 2.46. The molecule has 0 amide bonds. The smallest absolute Gasteiger partial charge is 0.340 e. The summed E-state index contributed by atoms with van der Waals surface area (Å²) in [5, 5.41) is 0. The van der Waals surface area contributed by atoms with E-state index >= 15 is 0 Å². The third-order valence-electron chi connectivity index (χ3n) is 2.09. The molecule has 15 heavy (non-hydrogen) atoms. The average molecular weight is 209 g/mol. The molecule has 0 atom stereocenters. The lowest BCUT2D eigenvalue weighted by molar-refractivity contribution is 0.0598. The van der Waals surface area contributed by atoms with Crippen LogP contribution in [0.1, 0.15) is 34.7 Å². The summed E-state index contributed by atoms with van der Waals surface area (Å²) in [6.07, 6.45) is 2.42. The molecule has 0 saturated heterocycles. The first-order valence-corrected chi connectivity index (χ1v) is 4.82. The molecule has 0 spiro atoms. The molecular weight excluding hydrogens is 194 g/mol. The minimum Gasteiger partial charge on any atom is -0.465 e. The second kappa shape index (κ2) is 4.77. The number of hydrogen-bond donors (Lipinski definition) is 0. The van der Waals surface area contributed by atoms with Crippen molar-refractivity contribution >= 4 is 12.3 Å². The third-order valence-corrected chi connectivity index (χ3v) is 2.09. The Hall–Kier alpha value is -1.58. The highest BCUT2D eigenvalue weighted by atomic mass is 16.5. The van der Waals surface area contributed by atoms with Crippen molar-refractivity contribution in [3.05, 3.63) is 23.5 Å². The maximum absolute atomic E-state index is 11.3. The molecule has 0 aliphatic carbocycles. The van der Waals surface area contributed by atoms with Crippen LogP contribution in [-0.2, 0) is 11.3 Å². The van der Waals surface area contributed by atoms with E-state index in [-0.39, 0.29) is 0 Å². The molecule has 4 heteroatoms. The van der Waals surface area contributed by atoms with Crippen LogP contribution in [0.4, 0.5) is 0 Å². The maximum Gasteiger partial charge on any atom is 0.340 e. The molecule has 1 heterocycles. The van der Waals surface area contributed by atoms with Crippen LogP contribution in [0.2, 0.25) is 0 Å². The Morgan fingerprint density at radius 2 is 2.27 bits per heavy atom. The molecule has 1 aromatic heterocycles. The number of nitrogens with zero attached hydrogens (tertiary/aromatic N) is 1. The van der Waals surface area contributed by atoms with Crippen LogP contribution in [0.5, 0.6) is 0 Å². The van der Waals surface area contributed by atoms with Gasteiger partial charge in [-0.3, -0.25) is 4.79 Å². The van der Waals surface area contributed by atoms with Gasteiger partial charge in [-0.05, 0) is 12.0 Å². The normalized spacial score (nSPS) is 10.4. The first kappa shape index (κ1) is 11.5. The molecule has 0 saturated carbocycles. The van der Waals surface area contributed by atoms with Crippen LogP contribution in [-0.4, -0.2) is 23.9 Å². The number of methoxy groups -OCH3 is 1. The molecular formula is C11H15NO3. The van der Waals surface area contributed by atoms with Gasteiger partial charge in [0.15, 0.2) is 6.29 Å². The van der Waals surface area contributed by atoms with Crippen molar-refractivity contribution in [2.75, 3.05) is 7.11 Å². The quantitative estimate of drug-likeness (QED) is 0.560. The summed E-state index contributed by atoms with van der Waals surface area (Å²) in [4.78, 5) is 22.2. The molecule has 0 aliphatic heterocycles. The van der Waals surface area contributed by atoms with Gasteiger partial charge in [-0.1, -0.05) is 13.8 Å². The van der Waals surface area contributed by atoms with E-state index in [0.29, 0.717) is 30.0 Å². The van der Waals surface area contributed by atoms with Gasteiger partial charge in [0.1, 0.15) is 0 Å². The largest absolute Gasteiger partial charge is 0.465 e. The number of ether oxygens (including phenoxy) is 1. The number of carbonyl (C=O) groups is 2. The topological polar surface area (TPSA) is 48.3 Å². The highest BCUT2D eigenvalue weighted by Gasteiger charge is 2.15. The first-order chi connectivity index (χ1) is 7.10. The first-order valence-electron chi connectivity index (χ1n) is 4.82. The minimum atomic E-state index is -0.473. The lowest BCUT2D eigenvalue weighted by Crippen LogP contribution is -2.10. The average Bonchev–Trinajstić information content (AvgIpc) is 2.58. The van der Waals surface area contributed by atoms with E-state index in [4.69, 9.17) is 0 Å². The molecule has 1 rings (SSSR count). The molecule has 0 N–H and O–H groups in total. The van der Waals surface area contributed by atoms with Crippen LogP contribution in [0.3, 0.4) is 0 Å². The van der Waals surface area contributed by atoms with Gasteiger partial charge in [-0.2, -0.15) is 0 Å². The zero-order chi connectivity index (χ0) is 11.4. The van der Waals surface area contributed by atoms with Gasteiger partial charge in [0.25, 0.3) is 0 Å². The van der Waals surface area contributed by atoms with Crippen molar-refractivity contribution in [3.63, 3.8) is 0 Å². The number of hydrogen-bond acceptors (Lipinski definition) is 3. The number of aldehydes is 1. The molecule has 4 nitrogen and oxygen atoms in total. The lowest BCUT2D eigenvalue weighted by atomic mass is 10.2. The van der Waals surface area contributed by atoms with Crippen LogP contribution in [0.15, 0.2) is 12.3 Å². The van der Waals surface area contributed by atoms with Crippen molar-refractivity contribution in [2.45, 2.75) is 20.4 Å². The fourth-order valence-electron chi connectivity index (χ4n) is 1.45. The zero-order valence-electron chi connectivity index (χ0n) is 9.19. The molecule has 0 aromatic carbocycles. The summed E-state index contributed by atoms with van der Waals surface area (Å²) < 4.78 is 6.35. The summed E-state index contributed by atoms with van der Waals surface area (Å²) >= 11 is 0. The molecule has 0 unspecified atom stereocenters. The van der Waals surface area contributed by atoms with Gasteiger partial charge >= 0.3 is 5.97 Å². The minimum absolute atomic E-state index is 0.327. The Kier molecular flexibility index (Phi) is 3.66. The van der Waals surface area contributed by atoms with Crippen LogP contribution >= 0.6 is 0 Å². The Bertz CT molecular complexity index is 366. The highest BCUT2D eigenvalue weighted by Crippen LogP contribution is 2.12. The van der Waals surface area contributed by atoms with E-state index < -0.39 is 5.97 Å². The summed E-state index contributed by atoms with van der Waals surface area (Å²) in [5.41, 5.74) is 0.712. The number of aromatic nitrogens is 1. The van der Waals surface area contributed by atoms with Crippen LogP contribution < -0.4 is 0 Å². The van der Waals surface area contributed by atoms with Gasteiger partial charge in [0, 0.05) is 12.7 Å². The molecule has 82 valence electrons. The number of rotatable bonds is 4. The second-order valence-corrected chi connectivity index (χ2v) is 3.77. The van der Waals surface area contributed by atoms with E-state index in [1.54, 1.807) is 16.8 Å². The SMILES string of the molecule is COC(=O)c1ccn(CC(C)C)c1C=O. The van der Waals surface area contributed by atoms with Crippen molar-refractivity contribution < 1.29 is 14.3 Å². The Labute approximate surface area is 88.8 Å². The predicted octanol–water partition coefficient (Wildman–Crippen LogP) is 1.74. The van der Waals surface area contributed by atoms with E-state index in [9.17, 15) is 9.59 Å². The van der Waals surface area contributed by atoms with Gasteiger partial charge in [0.2, 0.25) is 0 Å². The van der Waals surface area contributed by atoms with Gasteiger partial charge in [0.05, 0.1) is 18.4 Å². The van der Waals surface area contributed by atoms with Gasteiger partial charge < -0.3 is 9.30 Å². The fourth-order valence-corrected chi connectivity index (χ4v) is 1.45. The lowest BCUT2D eigenvalue weighted by Gasteiger charge is -2.08. The monoisotopic (exact) mass is 209 g/mol. The summed E-state index contributed by atoms with van der Waals surface area (Å²) in [6.45, 7) is 4.81. The van der Waals surface area contributed by atoms with Crippen molar-refractivity contribution in [1.29, 1.82) is 0 Å². The van der Waals surface area contributed by atoms with E-state index in [1.807, 2.05) is 13.8 Å². The number of carbonyl (C=O) groups excluding carboxylic acids is 2. The molecule has 0 radical (unpaired) electrons. The molecule has 1 aromatic rings. The summed E-state index contributed by atoms with van der Waals surface area (Å²) in [6, 6.07) is 1.61. The standard InChI is InChI=1S/C11H15NO3/c1-8(2)6-12-5-4-9(10(12)7-13)11(14)15-3/h4-5,7-8H,6H2,1-3H3. The van der Waals surface area contributed by atoms with E-state index in [1.165, 1.54) is 7.11 Å². The fraction of sp³-hybridized carbons (Fsp3) is 0.455. The van der Waals surface area contributed by atoms with Crippen LogP contribution in [0, 0.1) is 5.92 Å². The second-order valence-electron chi connectivity index (χ2n) is 3.77. The van der Waals surface area contributed by atoms with Crippen molar-refractivity contribution in [3.8, 4) is 0 Å². The molecule has 0 bridgehead atoms. The van der Waals surface area contributed by atoms with Gasteiger partial charge in [-0.15, -0.1) is 0 Å². The highest BCUT2D eigenvalue weighted by molar-refractivity contribution is 5.97. The van der Waals surface area contributed by atoms with E-state index in [0.717, 1.165) is 0 Å². The molecule has 0 fully saturated rings. The maximum atomic E-state index is 11.3. The predicted molar refractivity (Wildman–Crippen MR) is 56.0 cm³/mol. The van der Waals surface area contributed by atoms with Crippen molar-refractivity contribution in [1.82, 2.24) is 4.57 Å². The Morgan fingerprint density at radius 3 is 2.73 bits per heavy atom. The van der Waals surface area contributed by atoms with Crippen LogP contribution in [0.25, 0.3) is 0 Å².